The molecule has 0 aliphatic heterocycles. The number of aliphatic carboxylic acids is 1. The number of benzene rings is 2. The topological polar surface area (TPSA) is 95.5 Å². The number of rotatable bonds is 6. The fourth-order valence-corrected chi connectivity index (χ4v) is 2.50. The molecule has 2 aromatic rings. The number of hydrogen-bond donors (Lipinski definition) is 3. The number of carboxylic acid groups (broad SMARTS) is 1. The van der Waals surface area contributed by atoms with Crippen LogP contribution in [0.3, 0.4) is 0 Å². The second-order valence-corrected chi connectivity index (χ2v) is 5.90. The van der Waals surface area contributed by atoms with E-state index in [1.807, 2.05) is 0 Å². The quantitative estimate of drug-likeness (QED) is 0.738. The fourth-order valence-electron chi connectivity index (χ4n) is 2.28. The van der Waals surface area contributed by atoms with Crippen molar-refractivity contribution in [3.8, 4) is 0 Å². The van der Waals surface area contributed by atoms with Crippen molar-refractivity contribution in [2.75, 3.05) is 5.32 Å². The third-order valence-electron chi connectivity index (χ3n) is 3.38. The maximum Gasteiger partial charge on any atom is 0.326 e. The van der Waals surface area contributed by atoms with E-state index in [4.69, 9.17) is 11.6 Å². The first-order chi connectivity index (χ1) is 11.8. The number of halogens is 1. The highest BCUT2D eigenvalue weighted by Gasteiger charge is 2.21. The molecule has 7 heteroatoms. The molecule has 0 aliphatic rings. The summed E-state index contributed by atoms with van der Waals surface area (Å²) in [6.07, 6.45) is 0.104. The van der Waals surface area contributed by atoms with Gasteiger partial charge in [-0.05, 0) is 35.9 Å². The maximum absolute atomic E-state index is 12.3. The van der Waals surface area contributed by atoms with Crippen LogP contribution < -0.4 is 10.6 Å². The summed E-state index contributed by atoms with van der Waals surface area (Å²) in [5, 5.41) is 14.9. The summed E-state index contributed by atoms with van der Waals surface area (Å²) < 4.78 is 0. The summed E-state index contributed by atoms with van der Waals surface area (Å²) in [4.78, 5) is 34.9. The lowest BCUT2D eigenvalue weighted by molar-refractivity contribution is -0.139. The van der Waals surface area contributed by atoms with Gasteiger partial charge in [-0.25, -0.2) is 4.79 Å². The van der Waals surface area contributed by atoms with Crippen LogP contribution >= 0.6 is 11.6 Å². The molecule has 0 heterocycles. The molecule has 0 aliphatic carbocycles. The van der Waals surface area contributed by atoms with Gasteiger partial charge in [0.1, 0.15) is 6.04 Å². The van der Waals surface area contributed by atoms with Crippen LogP contribution in [0, 0.1) is 0 Å². The molecular weight excluding hydrogens is 344 g/mol. The smallest absolute Gasteiger partial charge is 0.326 e. The molecule has 0 spiro atoms. The van der Waals surface area contributed by atoms with Crippen LogP contribution in [0.15, 0.2) is 48.5 Å². The number of amides is 2. The van der Waals surface area contributed by atoms with Gasteiger partial charge in [0, 0.05) is 29.6 Å². The summed E-state index contributed by atoms with van der Waals surface area (Å²) >= 11 is 5.90. The number of carbonyl (C=O) groups is 3. The lowest BCUT2D eigenvalue weighted by atomic mass is 10.1. The van der Waals surface area contributed by atoms with E-state index in [2.05, 4.69) is 10.6 Å². The number of nitrogens with one attached hydrogen (secondary N) is 2. The van der Waals surface area contributed by atoms with Crippen molar-refractivity contribution in [3.05, 3.63) is 64.7 Å². The van der Waals surface area contributed by atoms with Gasteiger partial charge >= 0.3 is 5.97 Å². The molecule has 2 rings (SSSR count). The SMILES string of the molecule is CC(=O)Nc1cccc(C(=O)N[C@H](Cc2cccc(Cl)c2)C(=O)O)c1. The minimum Gasteiger partial charge on any atom is -0.480 e. The number of carbonyl (C=O) groups excluding carboxylic acids is 2. The minimum atomic E-state index is -1.15. The highest BCUT2D eigenvalue weighted by molar-refractivity contribution is 6.30. The Kier molecular flexibility index (Phi) is 6.14. The van der Waals surface area contributed by atoms with Crippen LogP contribution in [-0.4, -0.2) is 28.9 Å². The first-order valence-electron chi connectivity index (χ1n) is 7.51. The molecule has 0 fully saturated rings. The normalized spacial score (nSPS) is 11.4. The zero-order chi connectivity index (χ0) is 18.4. The van der Waals surface area contributed by atoms with Gasteiger partial charge in [-0.15, -0.1) is 0 Å². The van der Waals surface area contributed by atoms with Crippen molar-refractivity contribution < 1.29 is 19.5 Å². The lowest BCUT2D eigenvalue weighted by Gasteiger charge is -2.15. The summed E-state index contributed by atoms with van der Waals surface area (Å²) in [5.41, 5.74) is 1.41. The maximum atomic E-state index is 12.3. The Balaban J connectivity index is 2.12. The molecule has 3 N–H and O–H groups in total. The van der Waals surface area contributed by atoms with E-state index in [9.17, 15) is 19.5 Å². The molecule has 1 atom stereocenters. The first kappa shape index (κ1) is 18.5. The van der Waals surface area contributed by atoms with Gasteiger partial charge < -0.3 is 15.7 Å². The molecule has 0 saturated heterocycles. The van der Waals surface area contributed by atoms with Crippen LogP contribution in [-0.2, 0) is 16.0 Å². The average Bonchev–Trinajstić information content (AvgIpc) is 2.53. The largest absolute Gasteiger partial charge is 0.480 e. The van der Waals surface area contributed by atoms with Gasteiger partial charge in [-0.1, -0.05) is 29.8 Å². The monoisotopic (exact) mass is 360 g/mol. The lowest BCUT2D eigenvalue weighted by Crippen LogP contribution is -2.42. The van der Waals surface area contributed by atoms with E-state index in [1.165, 1.54) is 13.0 Å². The molecule has 2 amide bonds. The van der Waals surface area contributed by atoms with Crippen molar-refractivity contribution in [3.63, 3.8) is 0 Å². The van der Waals surface area contributed by atoms with Gasteiger partial charge in [0.25, 0.3) is 5.91 Å². The molecule has 0 unspecified atom stereocenters. The number of anilines is 1. The molecule has 0 radical (unpaired) electrons. The molecule has 2 aromatic carbocycles. The summed E-state index contributed by atoms with van der Waals surface area (Å²) in [6.45, 7) is 1.36. The predicted octanol–water partition coefficient (Wildman–Crippen LogP) is 2.72. The van der Waals surface area contributed by atoms with E-state index in [1.54, 1.807) is 42.5 Å². The van der Waals surface area contributed by atoms with Gasteiger partial charge in [-0.2, -0.15) is 0 Å². The van der Waals surface area contributed by atoms with Crippen molar-refractivity contribution in [2.24, 2.45) is 0 Å². The van der Waals surface area contributed by atoms with E-state index in [-0.39, 0.29) is 17.9 Å². The van der Waals surface area contributed by atoms with Crippen molar-refractivity contribution >= 4 is 35.1 Å². The van der Waals surface area contributed by atoms with Crippen molar-refractivity contribution in [2.45, 2.75) is 19.4 Å². The van der Waals surface area contributed by atoms with Crippen LogP contribution in [0.4, 0.5) is 5.69 Å². The zero-order valence-corrected chi connectivity index (χ0v) is 14.2. The third kappa shape index (κ3) is 5.61. The number of hydrogen-bond acceptors (Lipinski definition) is 3. The summed E-state index contributed by atoms with van der Waals surface area (Å²) in [7, 11) is 0. The standard InChI is InChI=1S/C18H17ClN2O4/c1-11(22)20-15-7-3-5-13(10-15)17(23)21-16(18(24)25)9-12-4-2-6-14(19)8-12/h2-8,10,16H,9H2,1H3,(H,20,22)(H,21,23)(H,24,25)/t16-/m1/s1. The molecule has 0 bridgehead atoms. The van der Waals surface area contributed by atoms with Crippen LogP contribution in [0.25, 0.3) is 0 Å². The second kappa shape index (κ2) is 8.30. The van der Waals surface area contributed by atoms with Gasteiger partial charge in [0.15, 0.2) is 0 Å². The Morgan fingerprint density at radius 3 is 2.48 bits per heavy atom. The molecule has 6 nitrogen and oxygen atoms in total. The Morgan fingerprint density at radius 1 is 1.12 bits per heavy atom. The van der Waals surface area contributed by atoms with E-state index >= 15 is 0 Å². The summed E-state index contributed by atoms with van der Waals surface area (Å²) in [6, 6.07) is 12.0. The Bertz CT molecular complexity index is 807. The summed E-state index contributed by atoms with van der Waals surface area (Å²) in [5.74, 6) is -1.95. The Hall–Kier alpha value is -2.86. The predicted molar refractivity (Wildman–Crippen MR) is 94.8 cm³/mol. The van der Waals surface area contributed by atoms with Gasteiger partial charge in [0.2, 0.25) is 5.91 Å². The molecule has 25 heavy (non-hydrogen) atoms. The van der Waals surface area contributed by atoms with Gasteiger partial charge in [0.05, 0.1) is 0 Å². The minimum absolute atomic E-state index is 0.104. The van der Waals surface area contributed by atoms with Gasteiger partial charge in [-0.3, -0.25) is 9.59 Å². The van der Waals surface area contributed by atoms with Crippen LogP contribution in [0.5, 0.6) is 0 Å². The molecule has 130 valence electrons. The van der Waals surface area contributed by atoms with E-state index in [0.717, 1.165) is 0 Å². The first-order valence-corrected chi connectivity index (χ1v) is 7.88. The highest BCUT2D eigenvalue weighted by Crippen LogP contribution is 2.14. The molecule has 0 aromatic heterocycles. The van der Waals surface area contributed by atoms with Crippen molar-refractivity contribution in [1.29, 1.82) is 0 Å². The van der Waals surface area contributed by atoms with Crippen molar-refractivity contribution in [1.82, 2.24) is 5.32 Å². The third-order valence-corrected chi connectivity index (χ3v) is 3.61. The van der Waals surface area contributed by atoms with Crippen LogP contribution in [0.1, 0.15) is 22.8 Å². The van der Waals surface area contributed by atoms with E-state index < -0.39 is 17.9 Å². The Morgan fingerprint density at radius 2 is 1.84 bits per heavy atom. The fraction of sp³-hybridized carbons (Fsp3) is 0.167. The average molecular weight is 361 g/mol. The highest BCUT2D eigenvalue weighted by atomic mass is 35.5. The van der Waals surface area contributed by atoms with E-state index in [0.29, 0.717) is 16.3 Å². The molecular formula is C18H17ClN2O4. The zero-order valence-electron chi connectivity index (χ0n) is 13.5. The molecule has 0 saturated carbocycles. The second-order valence-electron chi connectivity index (χ2n) is 5.46. The van der Waals surface area contributed by atoms with Crippen LogP contribution in [0.2, 0.25) is 5.02 Å². The number of carboxylic acids is 1. The Labute approximate surface area is 149 Å².